The maximum absolute atomic E-state index is 13.7. The van der Waals surface area contributed by atoms with Crippen LogP contribution in [0.15, 0.2) is 71.4 Å². The van der Waals surface area contributed by atoms with E-state index in [9.17, 15) is 26.0 Å². The Kier molecular flexibility index (Phi) is 4.79. The lowest BCUT2D eigenvalue weighted by atomic mass is 9.94. The van der Waals surface area contributed by atoms with Crippen LogP contribution in [0.2, 0.25) is 0 Å². The summed E-state index contributed by atoms with van der Waals surface area (Å²) in [5.74, 6) is -0.385. The minimum absolute atomic E-state index is 0.134. The standard InChI is InChI=1S/C23H17F4N5O2S/c24-13-3-1-12(2-4-13)17-7-6-15-19-9-18-16(11-29-31-18)22(21(15)30-17)32(19)35(33,34)14-5-8-20(28-10-14)23(25,26)27/h1-8,10-11,18-19,22,29,31H,9H2. The number of fused-ring (bicyclic) bond motifs is 7. The fourth-order valence-corrected chi connectivity index (χ4v) is 6.67. The number of halogens is 4. The van der Waals surface area contributed by atoms with E-state index in [-0.39, 0.29) is 16.8 Å². The molecule has 0 amide bonds. The smallest absolute Gasteiger partial charge is 0.328 e. The van der Waals surface area contributed by atoms with Crippen LogP contribution < -0.4 is 10.9 Å². The minimum atomic E-state index is -4.68. The van der Waals surface area contributed by atoms with Crippen LogP contribution in [0.5, 0.6) is 0 Å². The molecule has 3 aliphatic rings. The first-order valence-corrected chi connectivity index (χ1v) is 12.1. The maximum atomic E-state index is 13.7. The number of nitrogens with zero attached hydrogens (tertiary/aromatic N) is 3. The summed E-state index contributed by atoms with van der Waals surface area (Å²) in [5, 5.41) is 0. The van der Waals surface area contributed by atoms with Gasteiger partial charge in [0, 0.05) is 18.0 Å². The molecule has 0 radical (unpaired) electrons. The fraction of sp³-hybridized carbons (Fsp3) is 0.217. The van der Waals surface area contributed by atoms with Crippen LogP contribution in [0.3, 0.4) is 0 Å². The third-order valence-electron chi connectivity index (χ3n) is 6.55. The molecule has 0 aliphatic carbocycles. The van der Waals surface area contributed by atoms with Crippen molar-refractivity contribution in [3.8, 4) is 11.3 Å². The van der Waals surface area contributed by atoms with Gasteiger partial charge in [0.05, 0.1) is 29.5 Å². The Morgan fingerprint density at radius 1 is 1.03 bits per heavy atom. The number of nitrogens with one attached hydrogen (secondary N) is 2. The molecule has 180 valence electrons. The van der Waals surface area contributed by atoms with E-state index in [2.05, 4.69) is 15.8 Å². The van der Waals surface area contributed by atoms with E-state index in [4.69, 9.17) is 4.98 Å². The fourth-order valence-electron chi connectivity index (χ4n) is 4.97. The van der Waals surface area contributed by atoms with Crippen molar-refractivity contribution < 1.29 is 26.0 Å². The lowest BCUT2D eigenvalue weighted by molar-refractivity contribution is -0.141. The monoisotopic (exact) mass is 503 g/mol. The number of alkyl halides is 3. The number of aromatic nitrogens is 2. The van der Waals surface area contributed by atoms with Crippen molar-refractivity contribution in [3.05, 3.63) is 89.3 Å². The molecule has 1 aromatic carbocycles. The number of hydrazine groups is 1. The van der Waals surface area contributed by atoms with Crippen molar-refractivity contribution in [2.45, 2.75) is 35.6 Å². The highest BCUT2D eigenvalue weighted by molar-refractivity contribution is 7.89. The molecule has 3 atom stereocenters. The van der Waals surface area contributed by atoms with E-state index in [1.54, 1.807) is 24.4 Å². The Morgan fingerprint density at radius 2 is 1.80 bits per heavy atom. The molecular formula is C23H17F4N5O2S. The largest absolute Gasteiger partial charge is 0.433 e. The van der Waals surface area contributed by atoms with Crippen molar-refractivity contribution in [1.29, 1.82) is 0 Å². The quantitative estimate of drug-likeness (QED) is 0.528. The van der Waals surface area contributed by atoms with Crippen molar-refractivity contribution in [1.82, 2.24) is 25.1 Å². The van der Waals surface area contributed by atoms with Gasteiger partial charge in [-0.05, 0) is 60.0 Å². The molecule has 1 fully saturated rings. The van der Waals surface area contributed by atoms with Crippen molar-refractivity contribution in [3.63, 3.8) is 0 Å². The molecule has 2 aromatic heterocycles. The van der Waals surface area contributed by atoms with Crippen LogP contribution in [-0.2, 0) is 16.2 Å². The van der Waals surface area contributed by atoms with Crippen LogP contribution in [-0.4, -0.2) is 28.7 Å². The normalized spacial score (nSPS) is 23.4. The highest BCUT2D eigenvalue weighted by atomic mass is 32.2. The molecule has 2 bridgehead atoms. The van der Waals surface area contributed by atoms with Crippen molar-refractivity contribution in [2.75, 3.05) is 0 Å². The molecule has 2 N–H and O–H groups in total. The van der Waals surface area contributed by atoms with E-state index >= 15 is 0 Å². The van der Waals surface area contributed by atoms with E-state index < -0.39 is 34.0 Å². The van der Waals surface area contributed by atoms with Gasteiger partial charge in [0.15, 0.2) is 0 Å². The topological polar surface area (TPSA) is 87.2 Å². The van der Waals surface area contributed by atoms with Gasteiger partial charge in [-0.15, -0.1) is 0 Å². The number of benzene rings is 1. The summed E-state index contributed by atoms with van der Waals surface area (Å²) in [4.78, 5) is 7.78. The number of piperidine rings is 1. The maximum Gasteiger partial charge on any atom is 0.433 e. The van der Waals surface area contributed by atoms with Gasteiger partial charge in [0.2, 0.25) is 10.0 Å². The molecule has 0 saturated carbocycles. The van der Waals surface area contributed by atoms with Gasteiger partial charge in [-0.25, -0.2) is 18.2 Å². The first kappa shape index (κ1) is 22.1. The van der Waals surface area contributed by atoms with Gasteiger partial charge in [-0.1, -0.05) is 6.07 Å². The minimum Gasteiger partial charge on any atom is -0.328 e. The molecule has 1 saturated heterocycles. The Hall–Kier alpha value is -3.35. The zero-order chi connectivity index (χ0) is 24.5. The average Bonchev–Trinajstić information content (AvgIpc) is 3.40. The first-order chi connectivity index (χ1) is 16.6. The SMILES string of the molecule is O=S(=O)(c1ccc(C(F)(F)F)nc1)N1C2CC3NNC=C3C1c1nc(-c3ccc(F)cc3)ccc12. The highest BCUT2D eigenvalue weighted by Gasteiger charge is 2.54. The summed E-state index contributed by atoms with van der Waals surface area (Å²) in [5.41, 5.74) is 8.12. The van der Waals surface area contributed by atoms with Crippen molar-refractivity contribution >= 4 is 10.0 Å². The first-order valence-electron chi connectivity index (χ1n) is 10.7. The summed E-state index contributed by atoms with van der Waals surface area (Å²) in [6, 6.07) is 9.52. The molecule has 0 spiro atoms. The second-order valence-corrected chi connectivity index (χ2v) is 10.4. The lowest BCUT2D eigenvalue weighted by Crippen LogP contribution is -2.45. The second kappa shape index (κ2) is 7.57. The zero-order valence-electron chi connectivity index (χ0n) is 17.8. The Bertz CT molecular complexity index is 1460. The van der Waals surface area contributed by atoms with Gasteiger partial charge in [-0.3, -0.25) is 9.97 Å². The number of sulfonamides is 1. The number of pyridine rings is 2. The molecule has 7 nitrogen and oxygen atoms in total. The Labute approximate surface area is 197 Å². The molecule has 12 heteroatoms. The summed E-state index contributed by atoms with van der Waals surface area (Å²) in [6.07, 6.45) is -1.83. The van der Waals surface area contributed by atoms with Gasteiger partial charge in [-0.2, -0.15) is 17.5 Å². The number of hydrogen-bond acceptors (Lipinski definition) is 6. The van der Waals surface area contributed by atoms with Gasteiger partial charge < -0.3 is 5.43 Å². The molecule has 3 aromatic rings. The van der Waals surface area contributed by atoms with Gasteiger partial charge in [0.25, 0.3) is 0 Å². The molecule has 6 rings (SSSR count). The van der Waals surface area contributed by atoms with E-state index in [0.717, 1.165) is 23.4 Å². The van der Waals surface area contributed by atoms with E-state index in [0.29, 0.717) is 29.4 Å². The summed E-state index contributed by atoms with van der Waals surface area (Å²) in [7, 11) is -4.23. The molecule has 3 unspecified atom stereocenters. The van der Waals surface area contributed by atoms with Crippen LogP contribution >= 0.6 is 0 Å². The van der Waals surface area contributed by atoms with Gasteiger partial charge >= 0.3 is 6.18 Å². The van der Waals surface area contributed by atoms with E-state index in [1.807, 2.05) is 6.07 Å². The third-order valence-corrected chi connectivity index (χ3v) is 8.41. The lowest BCUT2D eigenvalue weighted by Gasteiger charge is -2.37. The van der Waals surface area contributed by atoms with Gasteiger partial charge in [0.1, 0.15) is 16.4 Å². The third kappa shape index (κ3) is 3.43. The van der Waals surface area contributed by atoms with Crippen LogP contribution in [0.25, 0.3) is 11.3 Å². The summed E-state index contributed by atoms with van der Waals surface area (Å²) < 4.78 is 81.0. The number of rotatable bonds is 3. The molecule has 5 heterocycles. The molecule has 3 aliphatic heterocycles. The average molecular weight is 503 g/mol. The predicted molar refractivity (Wildman–Crippen MR) is 116 cm³/mol. The van der Waals surface area contributed by atoms with Crippen molar-refractivity contribution in [2.24, 2.45) is 0 Å². The zero-order valence-corrected chi connectivity index (χ0v) is 18.6. The van der Waals surface area contributed by atoms with E-state index in [1.165, 1.54) is 16.4 Å². The molecule has 35 heavy (non-hydrogen) atoms. The molecular weight excluding hydrogens is 486 g/mol. The van der Waals surface area contributed by atoms with Crippen LogP contribution in [0, 0.1) is 5.82 Å². The van der Waals surface area contributed by atoms with Crippen LogP contribution in [0.4, 0.5) is 17.6 Å². The summed E-state index contributed by atoms with van der Waals surface area (Å²) in [6.45, 7) is 0. The number of hydrogen-bond donors (Lipinski definition) is 2. The highest BCUT2D eigenvalue weighted by Crippen LogP contribution is 2.55. The summed E-state index contributed by atoms with van der Waals surface area (Å²) >= 11 is 0. The Balaban J connectivity index is 1.46. The van der Waals surface area contributed by atoms with Crippen LogP contribution in [0.1, 0.15) is 35.5 Å². The predicted octanol–water partition coefficient (Wildman–Crippen LogP) is 3.85. The Morgan fingerprint density at radius 3 is 2.49 bits per heavy atom. The second-order valence-electron chi connectivity index (χ2n) is 8.53.